The van der Waals surface area contributed by atoms with Gasteiger partial charge in [-0.2, -0.15) is 0 Å². The molecule has 0 bridgehead atoms. The number of benzene rings is 1. The number of hydrogen-bond acceptors (Lipinski definition) is 4. The zero-order valence-corrected chi connectivity index (χ0v) is 17.5. The van der Waals surface area contributed by atoms with Gasteiger partial charge in [0.25, 0.3) is 5.91 Å². The van der Waals surface area contributed by atoms with Crippen LogP contribution in [0.15, 0.2) is 61.3 Å². The molecule has 6 nitrogen and oxygen atoms in total. The van der Waals surface area contributed by atoms with Gasteiger partial charge in [0.15, 0.2) is 0 Å². The van der Waals surface area contributed by atoms with E-state index in [0.29, 0.717) is 18.2 Å². The fourth-order valence-electron chi connectivity index (χ4n) is 4.14. The Morgan fingerprint density at radius 1 is 1.13 bits per heavy atom. The van der Waals surface area contributed by atoms with Crippen molar-refractivity contribution in [2.45, 2.75) is 32.9 Å². The van der Waals surface area contributed by atoms with Crippen LogP contribution in [0.3, 0.4) is 0 Å². The molecule has 3 aromatic rings. The summed E-state index contributed by atoms with van der Waals surface area (Å²) in [5.41, 5.74) is 4.34. The summed E-state index contributed by atoms with van der Waals surface area (Å²) in [6.45, 7) is 6.64. The Balaban J connectivity index is 1.37. The Kier molecular flexibility index (Phi) is 6.54. The summed E-state index contributed by atoms with van der Waals surface area (Å²) in [6.07, 6.45) is 8.95. The standard InChI is InChI=1S/C24H29N5O/c1-19-5-2-3-7-22(19)17-28-11-8-20(9-12-28)15-29(16-21-6-4-10-25-13-21)24(30)23-14-26-18-27-23/h2-7,10,13-14,18,20H,8-9,11-12,15-17H2,1H3,(H,26,27). The molecule has 1 fully saturated rings. The van der Waals surface area contributed by atoms with Crippen LogP contribution in [-0.2, 0) is 13.1 Å². The largest absolute Gasteiger partial charge is 0.341 e. The van der Waals surface area contributed by atoms with Crippen molar-refractivity contribution in [1.82, 2.24) is 24.8 Å². The Labute approximate surface area is 178 Å². The number of aryl methyl sites for hydroxylation is 1. The van der Waals surface area contributed by atoms with Crippen LogP contribution in [0, 0.1) is 12.8 Å². The second-order valence-electron chi connectivity index (χ2n) is 8.16. The van der Waals surface area contributed by atoms with E-state index < -0.39 is 0 Å². The molecular weight excluding hydrogens is 374 g/mol. The highest BCUT2D eigenvalue weighted by molar-refractivity contribution is 5.92. The lowest BCUT2D eigenvalue weighted by Crippen LogP contribution is -2.40. The van der Waals surface area contributed by atoms with E-state index in [4.69, 9.17) is 0 Å². The molecule has 1 aromatic carbocycles. The van der Waals surface area contributed by atoms with Crippen LogP contribution in [0.2, 0.25) is 0 Å². The minimum atomic E-state index is -0.00121. The van der Waals surface area contributed by atoms with E-state index in [2.05, 4.69) is 51.0 Å². The number of imidazole rings is 1. The van der Waals surface area contributed by atoms with Gasteiger partial charge >= 0.3 is 0 Å². The number of nitrogens with zero attached hydrogens (tertiary/aromatic N) is 4. The Bertz CT molecular complexity index is 933. The van der Waals surface area contributed by atoms with Crippen LogP contribution in [0.5, 0.6) is 0 Å². The van der Waals surface area contributed by atoms with Crippen molar-refractivity contribution in [1.29, 1.82) is 0 Å². The Morgan fingerprint density at radius 2 is 1.97 bits per heavy atom. The maximum absolute atomic E-state index is 13.1. The van der Waals surface area contributed by atoms with Crippen LogP contribution in [0.1, 0.15) is 40.0 Å². The number of aromatic amines is 1. The first-order valence-electron chi connectivity index (χ1n) is 10.6. The molecule has 4 rings (SSSR count). The van der Waals surface area contributed by atoms with Crippen molar-refractivity contribution < 1.29 is 4.79 Å². The Hall–Kier alpha value is -2.99. The van der Waals surface area contributed by atoms with Crippen molar-refractivity contribution >= 4 is 5.91 Å². The number of nitrogens with one attached hydrogen (secondary N) is 1. The van der Waals surface area contributed by atoms with Crippen molar-refractivity contribution in [3.8, 4) is 0 Å². The number of carbonyl (C=O) groups excluding carboxylic acids is 1. The quantitative estimate of drug-likeness (QED) is 0.654. The van der Waals surface area contributed by atoms with Crippen molar-refractivity contribution in [3.05, 3.63) is 83.7 Å². The molecule has 1 aliphatic rings. The molecule has 0 aliphatic carbocycles. The second kappa shape index (κ2) is 9.67. The highest BCUT2D eigenvalue weighted by Gasteiger charge is 2.25. The van der Waals surface area contributed by atoms with Gasteiger partial charge in [0, 0.05) is 32.0 Å². The summed E-state index contributed by atoms with van der Waals surface area (Å²) in [6, 6.07) is 12.5. The van der Waals surface area contributed by atoms with E-state index in [0.717, 1.165) is 44.6 Å². The first kappa shape index (κ1) is 20.3. The number of H-pyrrole nitrogens is 1. The van der Waals surface area contributed by atoms with Gasteiger partial charge in [0.2, 0.25) is 0 Å². The molecule has 1 amide bonds. The molecule has 3 heterocycles. The van der Waals surface area contributed by atoms with Gasteiger partial charge in [-0.15, -0.1) is 0 Å². The third kappa shape index (κ3) is 5.13. The van der Waals surface area contributed by atoms with Crippen LogP contribution < -0.4 is 0 Å². The number of piperidine rings is 1. The zero-order chi connectivity index (χ0) is 20.8. The summed E-state index contributed by atoms with van der Waals surface area (Å²) < 4.78 is 0. The average molecular weight is 404 g/mol. The predicted molar refractivity (Wildman–Crippen MR) is 117 cm³/mol. The molecule has 1 N–H and O–H groups in total. The third-order valence-electron chi connectivity index (χ3n) is 5.95. The van der Waals surface area contributed by atoms with E-state index in [1.54, 1.807) is 18.7 Å². The number of aromatic nitrogens is 3. The lowest BCUT2D eigenvalue weighted by atomic mass is 9.95. The SMILES string of the molecule is Cc1ccccc1CN1CCC(CN(Cc2cccnc2)C(=O)c2cnc[nH]2)CC1. The smallest absolute Gasteiger partial charge is 0.272 e. The van der Waals surface area contributed by atoms with E-state index >= 15 is 0 Å². The molecule has 1 aliphatic heterocycles. The van der Waals surface area contributed by atoms with Gasteiger partial charge in [-0.05, 0) is 61.5 Å². The van der Waals surface area contributed by atoms with Crippen molar-refractivity contribution in [2.75, 3.05) is 19.6 Å². The number of rotatable bonds is 7. The van der Waals surface area contributed by atoms with Crippen molar-refractivity contribution in [3.63, 3.8) is 0 Å². The number of carbonyl (C=O) groups is 1. The number of likely N-dealkylation sites (tertiary alicyclic amines) is 1. The zero-order valence-electron chi connectivity index (χ0n) is 17.5. The van der Waals surface area contributed by atoms with E-state index in [1.165, 1.54) is 11.1 Å². The van der Waals surface area contributed by atoms with Gasteiger partial charge in [-0.1, -0.05) is 30.3 Å². The molecule has 156 valence electrons. The molecule has 30 heavy (non-hydrogen) atoms. The van der Waals surface area contributed by atoms with E-state index in [-0.39, 0.29) is 5.91 Å². The lowest BCUT2D eigenvalue weighted by Gasteiger charge is -2.35. The molecular formula is C24H29N5O. The molecule has 2 aromatic heterocycles. The van der Waals surface area contributed by atoms with E-state index in [9.17, 15) is 4.79 Å². The average Bonchev–Trinajstić information content (AvgIpc) is 3.31. The number of pyridine rings is 1. The molecule has 0 spiro atoms. The summed E-state index contributed by atoms with van der Waals surface area (Å²) in [4.78, 5) is 28.7. The van der Waals surface area contributed by atoms with Crippen LogP contribution >= 0.6 is 0 Å². The maximum atomic E-state index is 13.1. The van der Waals surface area contributed by atoms with Gasteiger partial charge in [-0.25, -0.2) is 4.98 Å². The first-order chi connectivity index (χ1) is 14.7. The molecule has 0 unspecified atom stereocenters. The molecule has 1 saturated heterocycles. The fraction of sp³-hybridized carbons (Fsp3) is 0.375. The highest BCUT2D eigenvalue weighted by atomic mass is 16.2. The van der Waals surface area contributed by atoms with Gasteiger partial charge in [0.1, 0.15) is 5.69 Å². The monoisotopic (exact) mass is 403 g/mol. The van der Waals surface area contributed by atoms with Gasteiger partial charge in [0.05, 0.1) is 12.5 Å². The highest BCUT2D eigenvalue weighted by Crippen LogP contribution is 2.22. The topological polar surface area (TPSA) is 65.1 Å². The van der Waals surface area contributed by atoms with Gasteiger partial charge < -0.3 is 9.88 Å². The normalized spacial score (nSPS) is 15.2. The summed E-state index contributed by atoms with van der Waals surface area (Å²) in [5, 5.41) is 0. The summed E-state index contributed by atoms with van der Waals surface area (Å²) in [7, 11) is 0. The minimum Gasteiger partial charge on any atom is -0.341 e. The van der Waals surface area contributed by atoms with Crippen molar-refractivity contribution in [2.24, 2.45) is 5.92 Å². The molecule has 0 radical (unpaired) electrons. The number of hydrogen-bond donors (Lipinski definition) is 1. The first-order valence-corrected chi connectivity index (χ1v) is 10.6. The Morgan fingerprint density at radius 3 is 2.67 bits per heavy atom. The fourth-order valence-corrected chi connectivity index (χ4v) is 4.14. The predicted octanol–water partition coefficient (Wildman–Crippen LogP) is 3.67. The minimum absolute atomic E-state index is 0.00121. The third-order valence-corrected chi connectivity index (χ3v) is 5.95. The second-order valence-corrected chi connectivity index (χ2v) is 8.16. The van der Waals surface area contributed by atoms with E-state index in [1.807, 2.05) is 23.2 Å². The number of amides is 1. The van der Waals surface area contributed by atoms with Crippen LogP contribution in [0.25, 0.3) is 0 Å². The van der Waals surface area contributed by atoms with Crippen LogP contribution in [0.4, 0.5) is 0 Å². The maximum Gasteiger partial charge on any atom is 0.272 e. The molecule has 6 heteroatoms. The lowest BCUT2D eigenvalue weighted by molar-refractivity contribution is 0.0666. The summed E-state index contributed by atoms with van der Waals surface area (Å²) in [5.74, 6) is 0.500. The van der Waals surface area contributed by atoms with Crippen LogP contribution in [-0.4, -0.2) is 50.3 Å². The summed E-state index contributed by atoms with van der Waals surface area (Å²) >= 11 is 0. The molecule has 0 saturated carbocycles. The molecule has 0 atom stereocenters. The van der Waals surface area contributed by atoms with Gasteiger partial charge in [-0.3, -0.25) is 14.7 Å².